The molecular weight excluding hydrogens is 749 g/mol. The summed E-state index contributed by atoms with van der Waals surface area (Å²) in [6, 6.07) is 13.4. The number of hydrogen-bond donors (Lipinski definition) is 3. The molecule has 0 saturated heterocycles. The van der Waals surface area contributed by atoms with Crippen LogP contribution in [0.2, 0.25) is 0 Å². The molecule has 302 valence electrons. The number of methoxy groups -OCH3 is 1. The Labute approximate surface area is 319 Å². The van der Waals surface area contributed by atoms with Crippen molar-refractivity contribution in [3.05, 3.63) is 101 Å². The minimum absolute atomic E-state index is 0.0378. The summed E-state index contributed by atoms with van der Waals surface area (Å²) in [6.07, 6.45) is -0.859. The minimum Gasteiger partial charge on any atom is -0.449 e. The molecule has 12 nitrogen and oxygen atoms in total. The number of amides is 3. The second-order valence-electron chi connectivity index (χ2n) is 13.6. The van der Waals surface area contributed by atoms with Gasteiger partial charge in [-0.3, -0.25) is 4.79 Å². The Morgan fingerprint density at radius 3 is 1.96 bits per heavy atom. The van der Waals surface area contributed by atoms with Gasteiger partial charge in [-0.1, -0.05) is 54.6 Å². The van der Waals surface area contributed by atoms with Gasteiger partial charge in [-0.25, -0.2) is 27.6 Å². The van der Waals surface area contributed by atoms with E-state index in [9.17, 15) is 41.1 Å². The topological polar surface area (TPSA) is 151 Å². The Morgan fingerprint density at radius 1 is 0.821 bits per heavy atom. The van der Waals surface area contributed by atoms with Gasteiger partial charge in [0.15, 0.2) is 0 Å². The van der Waals surface area contributed by atoms with Gasteiger partial charge in [0.25, 0.3) is 0 Å². The summed E-state index contributed by atoms with van der Waals surface area (Å²) in [6.45, 7) is 6.13. The highest BCUT2D eigenvalue weighted by Crippen LogP contribution is 2.44. The Hall–Kier alpha value is -5.55. The molecular formula is C39H42F5N3O9. The third kappa shape index (κ3) is 11.5. The molecule has 3 amide bonds. The molecule has 3 aromatic rings. The van der Waals surface area contributed by atoms with Crippen LogP contribution in [0.4, 0.5) is 31.5 Å². The normalized spacial score (nSPS) is 14.0. The first-order valence-electron chi connectivity index (χ1n) is 17.4. The largest absolute Gasteiger partial charge is 0.449 e. The van der Waals surface area contributed by atoms with E-state index in [0.29, 0.717) is 6.08 Å². The molecule has 1 aliphatic rings. The zero-order valence-corrected chi connectivity index (χ0v) is 31.2. The van der Waals surface area contributed by atoms with Crippen LogP contribution in [0, 0.1) is 29.1 Å². The van der Waals surface area contributed by atoms with Crippen LogP contribution in [0.15, 0.2) is 60.7 Å². The number of carbonyl (C=O) groups excluding carboxylic acids is 4. The highest BCUT2D eigenvalue weighted by Gasteiger charge is 2.31. The van der Waals surface area contributed by atoms with Crippen molar-refractivity contribution in [1.29, 1.82) is 0 Å². The summed E-state index contributed by atoms with van der Waals surface area (Å²) < 4.78 is 94.2. The lowest BCUT2D eigenvalue weighted by Crippen LogP contribution is -2.51. The first kappa shape index (κ1) is 43.2. The quantitative estimate of drug-likeness (QED) is 0.0279. The molecule has 0 spiro atoms. The molecule has 0 fully saturated rings. The summed E-state index contributed by atoms with van der Waals surface area (Å²) >= 11 is 0. The van der Waals surface area contributed by atoms with Crippen molar-refractivity contribution in [2.75, 3.05) is 27.1 Å². The average molecular weight is 792 g/mol. The zero-order valence-electron chi connectivity index (χ0n) is 31.2. The van der Waals surface area contributed by atoms with Crippen molar-refractivity contribution in [3.63, 3.8) is 0 Å². The fourth-order valence-corrected chi connectivity index (χ4v) is 5.77. The van der Waals surface area contributed by atoms with Gasteiger partial charge in [-0.15, -0.1) is 0 Å². The third-order valence-corrected chi connectivity index (χ3v) is 8.27. The monoisotopic (exact) mass is 791 g/mol. The predicted molar refractivity (Wildman–Crippen MR) is 191 cm³/mol. The maximum Gasteiger partial charge on any atom is 0.408 e. The van der Waals surface area contributed by atoms with Crippen molar-refractivity contribution in [3.8, 4) is 16.9 Å². The molecule has 0 aromatic heterocycles. The maximum atomic E-state index is 13.9. The van der Waals surface area contributed by atoms with Gasteiger partial charge in [-0.2, -0.15) is 8.78 Å². The molecule has 3 aromatic carbocycles. The first-order chi connectivity index (χ1) is 26.5. The van der Waals surface area contributed by atoms with Gasteiger partial charge in [-0.05, 0) is 56.4 Å². The van der Waals surface area contributed by atoms with Gasteiger partial charge >= 0.3 is 18.2 Å². The Morgan fingerprint density at radius 2 is 1.39 bits per heavy atom. The van der Waals surface area contributed by atoms with Crippen molar-refractivity contribution in [2.24, 2.45) is 0 Å². The zero-order chi connectivity index (χ0) is 41.2. The number of hydrogen-bond acceptors (Lipinski definition) is 9. The van der Waals surface area contributed by atoms with E-state index in [-0.39, 0.29) is 38.7 Å². The van der Waals surface area contributed by atoms with Crippen molar-refractivity contribution in [2.45, 2.75) is 70.2 Å². The first-order valence-corrected chi connectivity index (χ1v) is 17.4. The van der Waals surface area contributed by atoms with E-state index in [2.05, 4.69) is 20.7 Å². The van der Waals surface area contributed by atoms with E-state index in [1.54, 1.807) is 20.8 Å². The Bertz CT molecular complexity index is 1860. The van der Waals surface area contributed by atoms with Crippen LogP contribution in [0.3, 0.4) is 0 Å². The SMILES string of the molecule is COCO[C@@H](CCNC(=O)OCC1c2ccccc2-c2ccccc21)C[C@H](NC(=O)OC(C)(C)C)C(=O)N[C@@H](C)/C=C/C(=O)Oc1c(F)c(F)c(F)c(F)c1F. The molecule has 0 radical (unpaired) electrons. The highest BCUT2D eigenvalue weighted by molar-refractivity contribution is 5.87. The summed E-state index contributed by atoms with van der Waals surface area (Å²) in [5.41, 5.74) is 3.31. The molecule has 4 rings (SSSR count). The fourth-order valence-electron chi connectivity index (χ4n) is 5.77. The third-order valence-electron chi connectivity index (χ3n) is 8.27. The lowest BCUT2D eigenvalue weighted by molar-refractivity contribution is -0.129. The van der Waals surface area contributed by atoms with Gasteiger partial charge in [0.1, 0.15) is 25.0 Å². The molecule has 0 aliphatic heterocycles. The van der Waals surface area contributed by atoms with E-state index in [4.69, 9.17) is 18.9 Å². The van der Waals surface area contributed by atoms with Crippen molar-refractivity contribution >= 4 is 24.1 Å². The highest BCUT2D eigenvalue weighted by atomic mass is 19.2. The van der Waals surface area contributed by atoms with Crippen LogP contribution in [-0.4, -0.2) is 74.9 Å². The minimum atomic E-state index is -2.43. The summed E-state index contributed by atoms with van der Waals surface area (Å²) in [5.74, 6) is -16.0. The molecule has 56 heavy (non-hydrogen) atoms. The number of ether oxygens (including phenoxy) is 5. The summed E-state index contributed by atoms with van der Waals surface area (Å²) in [7, 11) is 1.37. The Kier molecular flexibility index (Phi) is 14.9. The molecule has 0 bridgehead atoms. The smallest absolute Gasteiger partial charge is 0.408 e. The number of carbonyl (C=O) groups is 4. The van der Waals surface area contributed by atoms with E-state index in [1.807, 2.05) is 48.5 Å². The number of fused-ring (bicyclic) bond motifs is 3. The van der Waals surface area contributed by atoms with E-state index < -0.39 is 82.7 Å². The molecule has 0 unspecified atom stereocenters. The van der Waals surface area contributed by atoms with Crippen LogP contribution < -0.4 is 20.7 Å². The van der Waals surface area contributed by atoms with Gasteiger partial charge in [0.2, 0.25) is 40.7 Å². The Balaban J connectivity index is 1.37. The standard InChI is InChI=1S/C39H42F5N3O9/c1-21(14-15-29(48)55-35-33(43)31(41)30(40)32(42)34(35)44)46-36(49)28(47-38(51)56-39(2,3)4)18-22(54-20-52-5)16-17-45-37(50)53-19-27-25-12-8-6-10-23(25)24-11-7-9-13-26(24)27/h6-15,21-22,27-28H,16-20H2,1-5H3,(H,45,50)(H,46,49)(H,47,51)/b15-14+/t21-,22-,28-/m0/s1. The lowest BCUT2D eigenvalue weighted by atomic mass is 9.98. The van der Waals surface area contributed by atoms with Crippen LogP contribution in [0.5, 0.6) is 5.75 Å². The molecule has 3 atom stereocenters. The molecule has 0 saturated carbocycles. The van der Waals surface area contributed by atoms with Crippen LogP contribution >= 0.6 is 0 Å². The maximum absolute atomic E-state index is 13.9. The number of rotatable bonds is 16. The second-order valence-corrected chi connectivity index (χ2v) is 13.6. The predicted octanol–water partition coefficient (Wildman–Crippen LogP) is 6.55. The molecule has 3 N–H and O–H groups in total. The summed E-state index contributed by atoms with van der Waals surface area (Å²) in [5, 5.41) is 7.66. The van der Waals surface area contributed by atoms with Crippen LogP contribution in [0.1, 0.15) is 57.6 Å². The van der Waals surface area contributed by atoms with E-state index in [1.165, 1.54) is 14.0 Å². The fraction of sp³-hybridized carbons (Fsp3) is 0.385. The molecule has 1 aliphatic carbocycles. The number of esters is 1. The summed E-state index contributed by atoms with van der Waals surface area (Å²) in [4.78, 5) is 51.1. The number of alkyl carbamates (subject to hydrolysis) is 2. The van der Waals surface area contributed by atoms with Crippen molar-refractivity contribution in [1.82, 2.24) is 16.0 Å². The van der Waals surface area contributed by atoms with Gasteiger partial charge in [0, 0.05) is 38.1 Å². The van der Waals surface area contributed by atoms with E-state index in [0.717, 1.165) is 28.3 Å². The molecule has 0 heterocycles. The number of benzene rings is 3. The number of nitrogens with one attached hydrogen (secondary N) is 3. The lowest BCUT2D eigenvalue weighted by Gasteiger charge is -2.27. The average Bonchev–Trinajstić information content (AvgIpc) is 3.47. The van der Waals surface area contributed by atoms with Crippen molar-refractivity contribution < 1.29 is 64.8 Å². The van der Waals surface area contributed by atoms with Gasteiger partial charge < -0.3 is 39.6 Å². The second kappa shape index (κ2) is 19.4. The number of halogens is 5. The molecule has 17 heteroatoms. The van der Waals surface area contributed by atoms with Crippen LogP contribution in [-0.2, 0) is 28.5 Å². The van der Waals surface area contributed by atoms with Gasteiger partial charge in [0.05, 0.1) is 6.10 Å². The van der Waals surface area contributed by atoms with Crippen LogP contribution in [0.25, 0.3) is 11.1 Å². The van der Waals surface area contributed by atoms with E-state index >= 15 is 0 Å².